The Morgan fingerprint density at radius 3 is 1.58 bits per heavy atom. The molecule has 1 rings (SSSR count). The third-order valence-electron chi connectivity index (χ3n) is 1.63. The first-order valence-corrected chi connectivity index (χ1v) is 3.51. The molecule has 0 spiro atoms. The third kappa shape index (κ3) is 1.54. The van der Waals surface area contributed by atoms with Crippen molar-refractivity contribution >= 4 is 11.8 Å². The largest absolute Gasteiger partial charge is 0.394 e. The van der Waals surface area contributed by atoms with E-state index in [1.807, 2.05) is 0 Å². The normalized spacial score (nSPS) is 29.5. The van der Waals surface area contributed by atoms with Gasteiger partial charge in [-0.1, -0.05) is 0 Å². The molecule has 0 aromatic rings. The molecule has 4 N–H and O–H groups in total. The molecule has 1 aliphatic rings. The van der Waals surface area contributed by atoms with Gasteiger partial charge in [0.05, 0.1) is 13.2 Å². The molecule has 2 atom stereocenters. The molecule has 6 nitrogen and oxygen atoms in total. The number of amides is 2. The Morgan fingerprint density at radius 1 is 1.00 bits per heavy atom. The number of hydrogen-bond donors (Lipinski definition) is 4. The standard InChI is InChI=1S/C6H10N2O4/c9-1-3-5(11)8-4(2-10)6(12)7-3/h3-4,9-10H,1-2H2,(H,7,12)(H,8,11). The van der Waals surface area contributed by atoms with Gasteiger partial charge in [0.15, 0.2) is 0 Å². The van der Waals surface area contributed by atoms with Crippen molar-refractivity contribution in [2.24, 2.45) is 0 Å². The van der Waals surface area contributed by atoms with Gasteiger partial charge in [-0.2, -0.15) is 0 Å². The van der Waals surface area contributed by atoms with Crippen molar-refractivity contribution in [3.63, 3.8) is 0 Å². The number of aliphatic hydroxyl groups excluding tert-OH is 2. The van der Waals surface area contributed by atoms with E-state index >= 15 is 0 Å². The number of hydrogen-bond acceptors (Lipinski definition) is 4. The van der Waals surface area contributed by atoms with Gasteiger partial charge in [-0.15, -0.1) is 0 Å². The van der Waals surface area contributed by atoms with Gasteiger partial charge >= 0.3 is 0 Å². The van der Waals surface area contributed by atoms with E-state index in [1.165, 1.54) is 0 Å². The first kappa shape index (κ1) is 8.95. The van der Waals surface area contributed by atoms with Crippen LogP contribution >= 0.6 is 0 Å². The van der Waals surface area contributed by atoms with Crippen LogP contribution in [0.4, 0.5) is 0 Å². The van der Waals surface area contributed by atoms with E-state index in [2.05, 4.69) is 10.6 Å². The van der Waals surface area contributed by atoms with Crippen LogP contribution < -0.4 is 10.6 Å². The van der Waals surface area contributed by atoms with Crippen LogP contribution in [0, 0.1) is 0 Å². The Kier molecular flexibility index (Phi) is 2.61. The minimum atomic E-state index is -0.889. The van der Waals surface area contributed by atoms with Gasteiger partial charge in [0.25, 0.3) is 0 Å². The smallest absolute Gasteiger partial charge is 0.245 e. The zero-order chi connectivity index (χ0) is 9.14. The second-order valence-electron chi connectivity index (χ2n) is 2.49. The summed E-state index contributed by atoms with van der Waals surface area (Å²) in [7, 11) is 0. The molecule has 2 amide bonds. The Hall–Kier alpha value is -1.14. The van der Waals surface area contributed by atoms with Gasteiger partial charge in [0.2, 0.25) is 11.8 Å². The van der Waals surface area contributed by atoms with Crippen LogP contribution in [0.3, 0.4) is 0 Å². The molecule has 0 saturated carbocycles. The van der Waals surface area contributed by atoms with Crippen molar-refractivity contribution in [2.75, 3.05) is 13.2 Å². The molecular weight excluding hydrogens is 164 g/mol. The van der Waals surface area contributed by atoms with Gasteiger partial charge in [0.1, 0.15) is 12.1 Å². The summed E-state index contributed by atoms with van der Waals surface area (Å²) in [6.07, 6.45) is 0. The number of piperazine rings is 1. The van der Waals surface area contributed by atoms with Crippen molar-refractivity contribution in [2.45, 2.75) is 12.1 Å². The second-order valence-corrected chi connectivity index (χ2v) is 2.49. The molecule has 1 fully saturated rings. The first-order chi connectivity index (χ1) is 5.69. The fraction of sp³-hybridized carbons (Fsp3) is 0.667. The van der Waals surface area contributed by atoms with E-state index in [4.69, 9.17) is 10.2 Å². The van der Waals surface area contributed by atoms with Crippen LogP contribution in [0.2, 0.25) is 0 Å². The highest BCUT2D eigenvalue weighted by molar-refractivity contribution is 5.97. The summed E-state index contributed by atoms with van der Waals surface area (Å²) in [6, 6.07) is -1.78. The summed E-state index contributed by atoms with van der Waals surface area (Å²) in [5.41, 5.74) is 0. The van der Waals surface area contributed by atoms with Gasteiger partial charge in [-0.3, -0.25) is 9.59 Å². The van der Waals surface area contributed by atoms with E-state index in [0.29, 0.717) is 0 Å². The number of carbonyl (C=O) groups excluding carboxylic acids is 2. The summed E-state index contributed by atoms with van der Waals surface area (Å²) < 4.78 is 0. The molecule has 1 heterocycles. The lowest BCUT2D eigenvalue weighted by Crippen LogP contribution is -2.63. The lowest BCUT2D eigenvalue weighted by Gasteiger charge is -2.27. The van der Waals surface area contributed by atoms with Crippen LogP contribution in [0.1, 0.15) is 0 Å². The lowest BCUT2D eigenvalue weighted by molar-refractivity contribution is -0.138. The highest BCUT2D eigenvalue weighted by Gasteiger charge is 2.32. The molecule has 0 aliphatic carbocycles. The predicted molar refractivity (Wildman–Crippen MR) is 38.0 cm³/mol. The monoisotopic (exact) mass is 174 g/mol. The Balaban J connectivity index is 2.61. The number of nitrogens with one attached hydrogen (secondary N) is 2. The van der Waals surface area contributed by atoms with Crippen molar-refractivity contribution < 1.29 is 19.8 Å². The van der Waals surface area contributed by atoms with Gasteiger partial charge in [-0.25, -0.2) is 0 Å². The highest BCUT2D eigenvalue weighted by atomic mass is 16.3. The fourth-order valence-corrected chi connectivity index (χ4v) is 0.933. The third-order valence-corrected chi connectivity index (χ3v) is 1.63. The summed E-state index contributed by atoms with van der Waals surface area (Å²) in [5.74, 6) is -0.952. The highest BCUT2D eigenvalue weighted by Crippen LogP contribution is 1.95. The van der Waals surface area contributed by atoms with E-state index in [1.54, 1.807) is 0 Å². The van der Waals surface area contributed by atoms with Crippen LogP contribution in [0.5, 0.6) is 0 Å². The van der Waals surface area contributed by atoms with Crippen molar-refractivity contribution in [3.8, 4) is 0 Å². The van der Waals surface area contributed by atoms with Gasteiger partial charge in [-0.05, 0) is 0 Å². The average Bonchev–Trinajstić information content (AvgIpc) is 2.08. The Bertz CT molecular complexity index is 184. The van der Waals surface area contributed by atoms with Crippen LogP contribution in [-0.4, -0.2) is 47.3 Å². The number of carbonyl (C=O) groups is 2. The molecule has 1 aliphatic heterocycles. The zero-order valence-electron chi connectivity index (χ0n) is 6.28. The molecule has 68 valence electrons. The number of aliphatic hydroxyl groups is 2. The number of rotatable bonds is 2. The molecule has 0 radical (unpaired) electrons. The SMILES string of the molecule is O=C1NC(CO)C(=O)NC1CO. The summed E-state index contributed by atoms with van der Waals surface area (Å²) in [5, 5.41) is 21.7. The molecular formula is C6H10N2O4. The molecule has 0 aromatic carbocycles. The average molecular weight is 174 g/mol. The van der Waals surface area contributed by atoms with E-state index in [-0.39, 0.29) is 0 Å². The van der Waals surface area contributed by atoms with Gasteiger partial charge < -0.3 is 20.8 Å². The summed E-state index contributed by atoms with van der Waals surface area (Å²) >= 11 is 0. The molecule has 2 unspecified atom stereocenters. The molecule has 1 saturated heterocycles. The zero-order valence-corrected chi connectivity index (χ0v) is 6.28. The molecule has 6 heteroatoms. The van der Waals surface area contributed by atoms with Gasteiger partial charge in [0, 0.05) is 0 Å². The Labute approximate surface area is 68.6 Å². The van der Waals surface area contributed by atoms with Crippen LogP contribution in [0.25, 0.3) is 0 Å². The van der Waals surface area contributed by atoms with Crippen LogP contribution in [-0.2, 0) is 9.59 Å². The maximum absolute atomic E-state index is 10.9. The molecule has 12 heavy (non-hydrogen) atoms. The quantitative estimate of drug-likeness (QED) is 0.357. The van der Waals surface area contributed by atoms with E-state index in [9.17, 15) is 9.59 Å². The minimum Gasteiger partial charge on any atom is -0.394 e. The van der Waals surface area contributed by atoms with Crippen LogP contribution in [0.15, 0.2) is 0 Å². The maximum atomic E-state index is 10.9. The summed E-state index contributed by atoms with van der Waals surface area (Å²) in [6.45, 7) is -0.870. The molecule has 0 aromatic heterocycles. The first-order valence-electron chi connectivity index (χ1n) is 3.51. The van der Waals surface area contributed by atoms with Crippen molar-refractivity contribution in [1.82, 2.24) is 10.6 Å². The maximum Gasteiger partial charge on any atom is 0.245 e. The predicted octanol–water partition coefficient (Wildman–Crippen LogP) is -3.05. The van der Waals surface area contributed by atoms with Crippen molar-refractivity contribution in [3.05, 3.63) is 0 Å². The van der Waals surface area contributed by atoms with Crippen molar-refractivity contribution in [1.29, 1.82) is 0 Å². The minimum absolute atomic E-state index is 0.435. The fourth-order valence-electron chi connectivity index (χ4n) is 0.933. The van der Waals surface area contributed by atoms with E-state index < -0.39 is 37.1 Å². The van der Waals surface area contributed by atoms with E-state index in [0.717, 1.165) is 0 Å². The second kappa shape index (κ2) is 3.51. The summed E-state index contributed by atoms with van der Waals surface area (Å²) in [4.78, 5) is 21.9. The molecule has 0 bridgehead atoms. The lowest BCUT2D eigenvalue weighted by atomic mass is 10.1. The topological polar surface area (TPSA) is 98.7 Å². The Morgan fingerprint density at radius 2 is 1.33 bits per heavy atom.